The number of imide groups is 1. The van der Waals surface area contributed by atoms with Crippen molar-refractivity contribution >= 4 is 17.8 Å². The number of anilines is 1. The third kappa shape index (κ3) is 3.86. The quantitative estimate of drug-likeness (QED) is 0.514. The first-order valence-electron chi connectivity index (χ1n) is 11.8. The van der Waals surface area contributed by atoms with E-state index in [0.29, 0.717) is 6.54 Å². The molecule has 7 heteroatoms. The zero-order valence-corrected chi connectivity index (χ0v) is 19.8. The first-order chi connectivity index (χ1) is 14.6. The molecule has 2 saturated heterocycles. The Kier molecular flexibility index (Phi) is 5.83. The highest BCUT2D eigenvalue weighted by Crippen LogP contribution is 2.60. The molecule has 0 unspecified atom stereocenters. The molecule has 0 aromatic carbocycles. The molecule has 2 atom stereocenters. The number of amides is 2. The molecule has 2 bridgehead atoms. The maximum absolute atomic E-state index is 13.1. The highest BCUT2D eigenvalue weighted by atomic mass is 16.2. The number of fused-ring (bicyclic) bond motifs is 2. The van der Waals surface area contributed by atoms with Gasteiger partial charge in [0.2, 0.25) is 17.8 Å². The standard InChI is InChI=1S/C24H37N5O2/c1-17-16-18(2)26-22(25-17)28-14-12-27(13-15-28)10-6-7-11-29-20(30)19-8-9-24(5,21(29)31)23(19,3)4/h16,19H,6-15H2,1-5H3/t19-,24-/m1/s1. The van der Waals surface area contributed by atoms with Crippen molar-refractivity contribution in [3.63, 3.8) is 0 Å². The first-order valence-corrected chi connectivity index (χ1v) is 11.8. The molecule has 0 N–H and O–H groups in total. The fourth-order valence-electron chi connectivity index (χ4n) is 5.74. The topological polar surface area (TPSA) is 69.6 Å². The average molecular weight is 428 g/mol. The van der Waals surface area contributed by atoms with Gasteiger partial charge in [-0.1, -0.05) is 20.8 Å². The maximum atomic E-state index is 13.1. The summed E-state index contributed by atoms with van der Waals surface area (Å²) >= 11 is 0. The summed E-state index contributed by atoms with van der Waals surface area (Å²) in [5.41, 5.74) is 1.41. The number of carbonyl (C=O) groups is 2. The van der Waals surface area contributed by atoms with Crippen molar-refractivity contribution in [3.8, 4) is 0 Å². The Morgan fingerprint density at radius 2 is 1.58 bits per heavy atom. The van der Waals surface area contributed by atoms with Crippen LogP contribution in [-0.2, 0) is 9.59 Å². The molecule has 170 valence electrons. The molecule has 1 aromatic rings. The Morgan fingerprint density at radius 1 is 0.968 bits per heavy atom. The molecule has 3 heterocycles. The van der Waals surface area contributed by atoms with Crippen LogP contribution < -0.4 is 4.90 Å². The minimum atomic E-state index is -0.391. The van der Waals surface area contributed by atoms with E-state index in [1.54, 1.807) is 4.90 Å². The van der Waals surface area contributed by atoms with Gasteiger partial charge in [-0.3, -0.25) is 19.4 Å². The van der Waals surface area contributed by atoms with Gasteiger partial charge in [-0.25, -0.2) is 9.97 Å². The number of hydrogen-bond donors (Lipinski definition) is 0. The van der Waals surface area contributed by atoms with E-state index >= 15 is 0 Å². The van der Waals surface area contributed by atoms with E-state index in [-0.39, 0.29) is 23.1 Å². The Hall–Kier alpha value is -2.02. The van der Waals surface area contributed by atoms with E-state index in [9.17, 15) is 9.59 Å². The molecule has 1 aromatic heterocycles. The number of piperidine rings is 1. The Labute approximate surface area is 186 Å². The third-order valence-electron chi connectivity index (χ3n) is 8.24. The minimum absolute atomic E-state index is 0.00393. The number of aromatic nitrogens is 2. The Morgan fingerprint density at radius 3 is 2.23 bits per heavy atom. The number of unbranched alkanes of at least 4 members (excludes halogenated alkanes) is 1. The molecule has 1 saturated carbocycles. The predicted molar refractivity (Wildman–Crippen MR) is 121 cm³/mol. The summed E-state index contributed by atoms with van der Waals surface area (Å²) in [7, 11) is 0. The largest absolute Gasteiger partial charge is 0.338 e. The van der Waals surface area contributed by atoms with Gasteiger partial charge < -0.3 is 4.90 Å². The maximum Gasteiger partial charge on any atom is 0.235 e. The molecule has 2 amide bonds. The van der Waals surface area contributed by atoms with Gasteiger partial charge in [0.1, 0.15) is 0 Å². The number of rotatable bonds is 6. The summed E-state index contributed by atoms with van der Waals surface area (Å²) in [5.74, 6) is 0.950. The number of hydrogen-bond acceptors (Lipinski definition) is 6. The summed E-state index contributed by atoms with van der Waals surface area (Å²) < 4.78 is 0. The van der Waals surface area contributed by atoms with Crippen molar-refractivity contribution < 1.29 is 9.59 Å². The highest BCUT2D eigenvalue weighted by molar-refractivity contribution is 6.03. The second kappa shape index (κ2) is 8.15. The van der Waals surface area contributed by atoms with Gasteiger partial charge in [-0.05, 0) is 57.6 Å². The number of aryl methyl sites for hydroxylation is 2. The van der Waals surface area contributed by atoms with E-state index in [1.807, 2.05) is 19.9 Å². The van der Waals surface area contributed by atoms with Crippen LogP contribution in [0.2, 0.25) is 0 Å². The fraction of sp³-hybridized carbons (Fsp3) is 0.750. The lowest BCUT2D eigenvalue weighted by Crippen LogP contribution is -2.59. The molecule has 3 fully saturated rings. The summed E-state index contributed by atoms with van der Waals surface area (Å²) in [6.45, 7) is 15.7. The smallest absolute Gasteiger partial charge is 0.235 e. The monoisotopic (exact) mass is 427 g/mol. The van der Waals surface area contributed by atoms with E-state index in [4.69, 9.17) is 0 Å². The lowest BCUT2D eigenvalue weighted by atomic mass is 9.62. The van der Waals surface area contributed by atoms with Crippen LogP contribution in [0.25, 0.3) is 0 Å². The number of nitrogens with zero attached hydrogens (tertiary/aromatic N) is 5. The third-order valence-corrected chi connectivity index (χ3v) is 8.24. The molecular formula is C24H37N5O2. The molecule has 1 aliphatic carbocycles. The lowest BCUT2D eigenvalue weighted by Gasteiger charge is -2.47. The van der Waals surface area contributed by atoms with Crippen LogP contribution >= 0.6 is 0 Å². The summed E-state index contributed by atoms with van der Waals surface area (Å²) in [6.07, 6.45) is 3.56. The molecule has 31 heavy (non-hydrogen) atoms. The van der Waals surface area contributed by atoms with Gasteiger partial charge in [0, 0.05) is 50.0 Å². The number of likely N-dealkylation sites (tertiary alicyclic amines) is 1. The van der Waals surface area contributed by atoms with E-state index in [1.165, 1.54) is 0 Å². The summed E-state index contributed by atoms with van der Waals surface area (Å²) in [5, 5.41) is 0. The summed E-state index contributed by atoms with van der Waals surface area (Å²) in [4.78, 5) is 41.5. The SMILES string of the molecule is Cc1cc(C)nc(N2CCN(CCCCN3C(=O)[C@H]4CC[C@](C)(C3=O)C4(C)C)CC2)n1. The van der Waals surface area contributed by atoms with E-state index in [2.05, 4.69) is 40.5 Å². The number of carbonyl (C=O) groups excluding carboxylic acids is 2. The molecule has 4 rings (SSSR count). The average Bonchev–Trinajstić information content (AvgIpc) is 2.90. The summed E-state index contributed by atoms with van der Waals surface area (Å²) in [6, 6.07) is 2.00. The minimum Gasteiger partial charge on any atom is -0.338 e. The van der Waals surface area contributed by atoms with Crippen LogP contribution in [0.15, 0.2) is 6.07 Å². The van der Waals surface area contributed by atoms with Crippen molar-refractivity contribution in [2.45, 2.75) is 60.3 Å². The van der Waals surface area contributed by atoms with Crippen molar-refractivity contribution in [2.24, 2.45) is 16.7 Å². The van der Waals surface area contributed by atoms with Crippen LogP contribution in [0, 0.1) is 30.6 Å². The normalized spacial score (nSPS) is 28.5. The lowest BCUT2D eigenvalue weighted by molar-refractivity contribution is -0.167. The Balaban J connectivity index is 1.23. The van der Waals surface area contributed by atoms with E-state index < -0.39 is 5.41 Å². The molecular weight excluding hydrogens is 390 g/mol. The van der Waals surface area contributed by atoms with Crippen LogP contribution in [0.5, 0.6) is 0 Å². The Bertz CT molecular complexity index is 841. The van der Waals surface area contributed by atoms with Gasteiger partial charge in [-0.2, -0.15) is 0 Å². The van der Waals surface area contributed by atoms with Gasteiger partial charge in [0.05, 0.1) is 5.41 Å². The van der Waals surface area contributed by atoms with Crippen molar-refractivity contribution in [1.29, 1.82) is 0 Å². The molecule has 2 aliphatic heterocycles. The fourth-order valence-corrected chi connectivity index (χ4v) is 5.74. The molecule has 0 radical (unpaired) electrons. The van der Waals surface area contributed by atoms with Crippen LogP contribution in [0.4, 0.5) is 5.95 Å². The van der Waals surface area contributed by atoms with Crippen molar-refractivity contribution in [2.75, 3.05) is 44.2 Å². The molecule has 3 aliphatic rings. The zero-order valence-electron chi connectivity index (χ0n) is 19.8. The van der Waals surface area contributed by atoms with Crippen LogP contribution in [-0.4, -0.2) is 70.9 Å². The molecule has 0 spiro atoms. The van der Waals surface area contributed by atoms with E-state index in [0.717, 1.165) is 75.7 Å². The predicted octanol–water partition coefficient (Wildman–Crippen LogP) is 2.81. The van der Waals surface area contributed by atoms with Gasteiger partial charge in [0.25, 0.3) is 0 Å². The second-order valence-electron chi connectivity index (χ2n) is 10.4. The number of piperazine rings is 1. The van der Waals surface area contributed by atoms with Crippen LogP contribution in [0.1, 0.15) is 57.8 Å². The second-order valence-corrected chi connectivity index (χ2v) is 10.4. The van der Waals surface area contributed by atoms with Gasteiger partial charge >= 0.3 is 0 Å². The van der Waals surface area contributed by atoms with Crippen molar-refractivity contribution in [1.82, 2.24) is 19.8 Å². The highest BCUT2D eigenvalue weighted by Gasteiger charge is 2.64. The van der Waals surface area contributed by atoms with Gasteiger partial charge in [0.15, 0.2) is 0 Å². The zero-order chi connectivity index (χ0) is 22.4. The van der Waals surface area contributed by atoms with Crippen molar-refractivity contribution in [3.05, 3.63) is 17.5 Å². The van der Waals surface area contributed by atoms with Gasteiger partial charge in [-0.15, -0.1) is 0 Å². The first kappa shape index (κ1) is 22.2. The van der Waals surface area contributed by atoms with Crippen LogP contribution in [0.3, 0.4) is 0 Å². The molecule has 7 nitrogen and oxygen atoms in total.